The zero-order valence-corrected chi connectivity index (χ0v) is 46.6. The third-order valence-electron chi connectivity index (χ3n) is 14.2. The van der Waals surface area contributed by atoms with E-state index in [9.17, 15) is 30.4 Å². The van der Waals surface area contributed by atoms with Gasteiger partial charge in [0, 0.05) is 17.2 Å². The van der Waals surface area contributed by atoms with E-state index in [1.807, 2.05) is 95.3 Å². The van der Waals surface area contributed by atoms with Crippen molar-refractivity contribution in [2.45, 2.75) is 119 Å². The average molecular weight is 1110 g/mol. The number of benzene rings is 6. The second-order valence-corrected chi connectivity index (χ2v) is 24.6. The third kappa shape index (κ3) is 16.0. The summed E-state index contributed by atoms with van der Waals surface area (Å²) in [7, 11) is -8.07. The molecule has 78 heavy (non-hydrogen) atoms. The normalized spacial score (nSPS) is 16.8. The van der Waals surface area contributed by atoms with Crippen molar-refractivity contribution in [3.63, 3.8) is 0 Å². The molecule has 1 atom stereocenters. The number of ether oxygens (including phenoxy) is 4. The van der Waals surface area contributed by atoms with Crippen LogP contribution in [0.15, 0.2) is 155 Å². The van der Waals surface area contributed by atoms with E-state index in [4.69, 9.17) is 27.3 Å². The number of hydrogen-bond donors (Lipinski definition) is 0. The van der Waals surface area contributed by atoms with Gasteiger partial charge in [-0.25, -0.2) is 13.6 Å². The molecular formula is C61H70F2N2O11S2. The van der Waals surface area contributed by atoms with Crippen molar-refractivity contribution in [2.24, 2.45) is 0 Å². The van der Waals surface area contributed by atoms with Gasteiger partial charge in [-0.15, -0.1) is 0 Å². The van der Waals surface area contributed by atoms with E-state index in [2.05, 4.69) is 4.90 Å². The van der Waals surface area contributed by atoms with Crippen molar-refractivity contribution in [3.05, 3.63) is 191 Å². The third-order valence-corrected chi connectivity index (χ3v) is 16.8. The maximum Gasteiger partial charge on any atom is 0.410 e. The molecule has 3 fully saturated rings. The number of nitrogens with zero attached hydrogens (tertiary/aromatic N) is 2. The number of rotatable bonds is 19. The lowest BCUT2D eigenvalue weighted by Gasteiger charge is -2.47. The molecule has 3 aliphatic rings. The minimum absolute atomic E-state index is 0.0230. The molecule has 0 N–H and O–H groups in total. The molecule has 0 unspecified atom stereocenters. The minimum Gasteiger partial charge on any atom is -0.489 e. The number of piperidine rings is 1. The Morgan fingerprint density at radius 1 is 0.667 bits per heavy atom. The molecule has 1 spiro atoms. The zero-order chi connectivity index (χ0) is 55.5. The smallest absolute Gasteiger partial charge is 0.410 e. The van der Waals surface area contributed by atoms with E-state index in [1.54, 1.807) is 41.3 Å². The Kier molecular flexibility index (Phi) is 19.1. The molecule has 0 aliphatic carbocycles. The highest BCUT2D eigenvalue weighted by Crippen LogP contribution is 2.41. The molecule has 0 bridgehead atoms. The van der Waals surface area contributed by atoms with Crippen LogP contribution >= 0.6 is 0 Å². The van der Waals surface area contributed by atoms with Gasteiger partial charge in [0.1, 0.15) is 47.5 Å². The summed E-state index contributed by atoms with van der Waals surface area (Å²) in [6, 6.07) is 41.4. The van der Waals surface area contributed by atoms with Gasteiger partial charge in [-0.2, -0.15) is 16.8 Å². The summed E-state index contributed by atoms with van der Waals surface area (Å²) in [6.07, 6.45) is 2.84. The van der Waals surface area contributed by atoms with Crippen LogP contribution < -0.4 is 9.47 Å². The van der Waals surface area contributed by atoms with Crippen molar-refractivity contribution in [1.82, 2.24) is 9.80 Å². The van der Waals surface area contributed by atoms with Gasteiger partial charge in [-0.1, -0.05) is 96.1 Å². The Labute approximate surface area is 458 Å². The van der Waals surface area contributed by atoms with Crippen molar-refractivity contribution < 1.29 is 57.7 Å². The summed E-state index contributed by atoms with van der Waals surface area (Å²) in [5, 5.41) is 0. The summed E-state index contributed by atoms with van der Waals surface area (Å²) >= 11 is 0. The van der Waals surface area contributed by atoms with E-state index in [1.165, 1.54) is 48.5 Å². The van der Waals surface area contributed by atoms with Gasteiger partial charge in [0.2, 0.25) is 0 Å². The van der Waals surface area contributed by atoms with Crippen LogP contribution in [-0.4, -0.2) is 96.0 Å². The second-order valence-electron chi connectivity index (χ2n) is 21.4. The quantitative estimate of drug-likeness (QED) is 0.0711. The van der Waals surface area contributed by atoms with Gasteiger partial charge in [-0.3, -0.25) is 13.3 Å². The van der Waals surface area contributed by atoms with Crippen LogP contribution in [0.2, 0.25) is 0 Å². The monoisotopic (exact) mass is 1110 g/mol. The first-order chi connectivity index (χ1) is 37.2. The molecule has 416 valence electrons. The molecule has 17 heteroatoms. The van der Waals surface area contributed by atoms with E-state index in [-0.39, 0.29) is 65.9 Å². The molecule has 6 aromatic carbocycles. The average Bonchev–Trinajstić information content (AvgIpc) is 3.87. The maximum atomic E-state index is 14.5. The fraction of sp³-hybridized carbons (Fsp3) is 0.393. The number of carbonyl (C=O) groups is 1. The lowest BCUT2D eigenvalue weighted by Crippen LogP contribution is -2.64. The fourth-order valence-corrected chi connectivity index (χ4v) is 11.8. The van der Waals surface area contributed by atoms with Gasteiger partial charge in [0.15, 0.2) is 0 Å². The number of hydrogen-bond acceptors (Lipinski definition) is 12. The Hall–Kier alpha value is -6.21. The van der Waals surface area contributed by atoms with Gasteiger partial charge < -0.3 is 23.8 Å². The largest absolute Gasteiger partial charge is 0.489 e. The first-order valence-corrected chi connectivity index (χ1v) is 29.3. The fourth-order valence-electron chi connectivity index (χ4n) is 9.97. The highest BCUT2D eigenvalue weighted by molar-refractivity contribution is 7.87. The number of aryl methyl sites for hydroxylation is 2. The van der Waals surface area contributed by atoms with Crippen molar-refractivity contribution in [2.75, 3.05) is 46.0 Å². The molecule has 3 saturated heterocycles. The minimum atomic E-state index is -4.04. The Bertz CT molecular complexity index is 3070. The van der Waals surface area contributed by atoms with E-state index < -0.39 is 37.6 Å². The summed E-state index contributed by atoms with van der Waals surface area (Å²) < 4.78 is 114. The predicted octanol–water partition coefficient (Wildman–Crippen LogP) is 12.1. The molecule has 13 nitrogen and oxygen atoms in total. The number of likely N-dealkylation sites (tertiary alicyclic amines) is 2. The highest BCUT2D eigenvalue weighted by atomic mass is 32.2. The first-order valence-electron chi connectivity index (χ1n) is 26.4. The maximum absolute atomic E-state index is 14.5. The van der Waals surface area contributed by atoms with Crippen LogP contribution in [0.4, 0.5) is 13.6 Å². The molecule has 3 heterocycles. The van der Waals surface area contributed by atoms with Crippen molar-refractivity contribution in [1.29, 1.82) is 0 Å². The standard InChI is InChI=1S/C32H33FO7S2.C29H37FN2O4/c1-24-8-13-29(14-9-24)41(34,35)39-20-18-27(19-21-40-42(36,37)30-15-10-25(2)11-16-30)31-22-28(33)12-17-32(31)38-23-26-6-4-3-5-7-26;1-28(2,3)36-27(33)32-19-29(20-32)16-24(18-35-29)31-13-11-22(12-14-31)25-15-23(30)9-10-26(25)34-17-21-7-5-4-6-8-21/h3-17,22,27H,18-21,23H2,1-2H3;4-10,15,22,24H,11-14,16-20H2,1-3H3/t;24-/m.0/s1. The Morgan fingerprint density at radius 3 is 1.67 bits per heavy atom. The lowest BCUT2D eigenvalue weighted by atomic mass is 9.86. The van der Waals surface area contributed by atoms with E-state index in [0.717, 1.165) is 65.9 Å². The van der Waals surface area contributed by atoms with Crippen LogP contribution in [0.5, 0.6) is 11.5 Å². The Morgan fingerprint density at radius 2 is 1.15 bits per heavy atom. The van der Waals surface area contributed by atoms with Crippen LogP contribution in [0.3, 0.4) is 0 Å². The van der Waals surface area contributed by atoms with Gasteiger partial charge in [0.05, 0.1) is 42.7 Å². The SMILES string of the molecule is CC(C)(C)OC(=O)N1CC2(C[C@H](N3CCC(c4cc(F)ccc4OCc4ccccc4)CC3)CO2)C1.Cc1ccc(S(=O)(=O)OCCC(CCOS(=O)(=O)c2ccc(C)cc2)c2cc(F)ccc2OCc2ccccc2)cc1. The summed E-state index contributed by atoms with van der Waals surface area (Å²) in [6.45, 7) is 13.4. The Balaban J connectivity index is 0.000000208. The molecule has 1 amide bonds. The molecule has 9 rings (SSSR count). The number of amides is 1. The van der Waals surface area contributed by atoms with E-state index >= 15 is 0 Å². The summed E-state index contributed by atoms with van der Waals surface area (Å²) in [4.78, 5) is 16.6. The molecule has 0 radical (unpaired) electrons. The van der Waals surface area contributed by atoms with Crippen LogP contribution in [0.25, 0.3) is 0 Å². The molecular weight excluding hydrogens is 1040 g/mol. The van der Waals surface area contributed by atoms with Crippen LogP contribution in [0.1, 0.15) is 98.1 Å². The molecule has 0 aromatic heterocycles. The van der Waals surface area contributed by atoms with Gasteiger partial charge in [-0.05, 0) is 163 Å². The highest BCUT2D eigenvalue weighted by Gasteiger charge is 2.53. The van der Waals surface area contributed by atoms with Crippen molar-refractivity contribution in [3.8, 4) is 11.5 Å². The van der Waals surface area contributed by atoms with E-state index in [0.29, 0.717) is 43.7 Å². The van der Waals surface area contributed by atoms with Gasteiger partial charge in [0.25, 0.3) is 20.2 Å². The van der Waals surface area contributed by atoms with Crippen molar-refractivity contribution >= 4 is 26.3 Å². The summed E-state index contributed by atoms with van der Waals surface area (Å²) in [5.74, 6) is 0.165. The number of carbonyl (C=O) groups excluding carboxylic acids is 1. The van der Waals surface area contributed by atoms with Crippen LogP contribution in [-0.2, 0) is 51.3 Å². The zero-order valence-electron chi connectivity index (χ0n) is 44.9. The molecule has 0 saturated carbocycles. The molecule has 6 aromatic rings. The molecule has 3 aliphatic heterocycles. The lowest BCUT2D eigenvalue weighted by molar-refractivity contribution is -0.109. The summed E-state index contributed by atoms with van der Waals surface area (Å²) in [5.41, 5.74) is 4.52. The second kappa shape index (κ2) is 25.7. The van der Waals surface area contributed by atoms with Gasteiger partial charge >= 0.3 is 6.09 Å². The topological polar surface area (TPSA) is 147 Å². The van der Waals surface area contributed by atoms with Crippen LogP contribution in [0, 0.1) is 25.5 Å². The predicted molar refractivity (Wildman–Crippen MR) is 293 cm³/mol. The first kappa shape index (κ1) is 58.0. The number of halogens is 2.